The molecule has 0 aliphatic heterocycles. The monoisotopic (exact) mass is 248 g/mol. The third-order valence-electron chi connectivity index (χ3n) is 3.22. The van der Waals surface area contributed by atoms with E-state index in [1.54, 1.807) is 25.2 Å². The highest BCUT2D eigenvalue weighted by atomic mass is 16.4. The zero-order chi connectivity index (χ0) is 13.3. The Morgan fingerprint density at radius 2 is 2.22 bits per heavy atom. The molecule has 96 valence electrons. The first-order chi connectivity index (χ1) is 8.58. The molecule has 0 aliphatic carbocycles. The molecule has 1 aromatic carbocycles. The van der Waals surface area contributed by atoms with Crippen molar-refractivity contribution in [2.75, 3.05) is 6.54 Å². The Morgan fingerprint density at radius 3 is 2.83 bits per heavy atom. The number of ketones is 1. The molecule has 0 aliphatic rings. The van der Waals surface area contributed by atoms with E-state index in [9.17, 15) is 9.59 Å². The Balaban J connectivity index is 2.47. The number of fused-ring (bicyclic) bond motifs is 1. The van der Waals surface area contributed by atoms with Gasteiger partial charge in [-0.3, -0.25) is 9.36 Å². The standard InChI is InChI=1S/C13H16N2O3/c1-3-8(7-14)12(16)9-4-5-10-11(6-9)18-13(17)15(10)2/h4-6,8H,3,7,14H2,1-2H3. The largest absolute Gasteiger partial charge is 0.419 e. The molecule has 5 heteroatoms. The first kappa shape index (κ1) is 12.6. The predicted molar refractivity (Wildman–Crippen MR) is 68.6 cm³/mol. The van der Waals surface area contributed by atoms with Gasteiger partial charge in [-0.2, -0.15) is 0 Å². The van der Waals surface area contributed by atoms with Crippen molar-refractivity contribution in [1.29, 1.82) is 0 Å². The number of nitrogens with two attached hydrogens (primary N) is 1. The Labute approximate surface area is 104 Å². The molecule has 18 heavy (non-hydrogen) atoms. The molecule has 2 rings (SSSR count). The van der Waals surface area contributed by atoms with Crippen molar-refractivity contribution >= 4 is 16.9 Å². The minimum atomic E-state index is -0.430. The lowest BCUT2D eigenvalue weighted by Crippen LogP contribution is -2.23. The zero-order valence-corrected chi connectivity index (χ0v) is 10.5. The molecular weight excluding hydrogens is 232 g/mol. The summed E-state index contributed by atoms with van der Waals surface area (Å²) in [7, 11) is 1.63. The molecule has 1 aromatic heterocycles. The lowest BCUT2D eigenvalue weighted by atomic mass is 9.95. The van der Waals surface area contributed by atoms with E-state index in [4.69, 9.17) is 10.2 Å². The lowest BCUT2D eigenvalue weighted by Gasteiger charge is -2.10. The SMILES string of the molecule is CCC(CN)C(=O)c1ccc2c(c1)oc(=O)n2C. The predicted octanol–water partition coefficient (Wildman–Crippen LogP) is 1.30. The van der Waals surface area contributed by atoms with Gasteiger partial charge in [-0.15, -0.1) is 0 Å². The Bertz CT molecular complexity index is 635. The van der Waals surface area contributed by atoms with E-state index in [-0.39, 0.29) is 11.7 Å². The van der Waals surface area contributed by atoms with Gasteiger partial charge in [0, 0.05) is 25.1 Å². The van der Waals surface area contributed by atoms with Gasteiger partial charge in [0.15, 0.2) is 11.4 Å². The minimum Gasteiger partial charge on any atom is -0.408 e. The second-order valence-electron chi connectivity index (χ2n) is 4.31. The maximum atomic E-state index is 12.1. The van der Waals surface area contributed by atoms with Crippen LogP contribution in [0, 0.1) is 5.92 Å². The van der Waals surface area contributed by atoms with Crippen LogP contribution in [0.1, 0.15) is 23.7 Å². The number of carbonyl (C=O) groups excluding carboxylic acids is 1. The van der Waals surface area contributed by atoms with Gasteiger partial charge in [-0.25, -0.2) is 4.79 Å². The second-order valence-corrected chi connectivity index (χ2v) is 4.31. The normalized spacial score (nSPS) is 12.8. The molecule has 0 fully saturated rings. The van der Waals surface area contributed by atoms with E-state index < -0.39 is 5.76 Å². The highest BCUT2D eigenvalue weighted by Crippen LogP contribution is 2.18. The molecule has 0 amide bonds. The summed E-state index contributed by atoms with van der Waals surface area (Å²) in [6.45, 7) is 2.25. The topological polar surface area (TPSA) is 78.2 Å². The summed E-state index contributed by atoms with van der Waals surface area (Å²) in [6.07, 6.45) is 0.701. The molecule has 0 bridgehead atoms. The van der Waals surface area contributed by atoms with Crippen LogP contribution in [0.5, 0.6) is 0 Å². The summed E-state index contributed by atoms with van der Waals surface area (Å²) in [6, 6.07) is 5.03. The Kier molecular flexibility index (Phi) is 3.34. The molecule has 5 nitrogen and oxygen atoms in total. The number of benzene rings is 1. The molecule has 0 saturated heterocycles. The number of nitrogens with zero attached hydrogens (tertiary/aromatic N) is 1. The van der Waals surface area contributed by atoms with E-state index >= 15 is 0 Å². The van der Waals surface area contributed by atoms with E-state index in [2.05, 4.69) is 0 Å². The minimum absolute atomic E-state index is 0.00611. The highest BCUT2D eigenvalue weighted by Gasteiger charge is 2.18. The summed E-state index contributed by atoms with van der Waals surface area (Å²) in [4.78, 5) is 23.5. The summed E-state index contributed by atoms with van der Waals surface area (Å²) in [5.74, 6) is -0.619. The van der Waals surface area contributed by atoms with Crippen LogP contribution in [0.15, 0.2) is 27.4 Å². The third kappa shape index (κ3) is 1.97. The fraction of sp³-hybridized carbons (Fsp3) is 0.385. The maximum absolute atomic E-state index is 12.1. The molecule has 2 N–H and O–H groups in total. The Hall–Kier alpha value is -1.88. The van der Waals surface area contributed by atoms with Gasteiger partial charge in [0.25, 0.3) is 0 Å². The van der Waals surface area contributed by atoms with Crippen molar-refractivity contribution in [1.82, 2.24) is 4.57 Å². The Morgan fingerprint density at radius 1 is 1.50 bits per heavy atom. The van der Waals surface area contributed by atoms with E-state index in [0.29, 0.717) is 29.6 Å². The molecule has 2 aromatic rings. The first-order valence-corrected chi connectivity index (χ1v) is 5.92. The van der Waals surface area contributed by atoms with Gasteiger partial charge in [-0.1, -0.05) is 6.92 Å². The van der Waals surface area contributed by atoms with Crippen molar-refractivity contribution in [2.45, 2.75) is 13.3 Å². The number of carbonyl (C=O) groups is 1. The van der Waals surface area contributed by atoms with Crippen LogP contribution in [0.2, 0.25) is 0 Å². The summed E-state index contributed by atoms with van der Waals surface area (Å²) >= 11 is 0. The molecule has 1 atom stereocenters. The van der Waals surface area contributed by atoms with Crippen LogP contribution >= 0.6 is 0 Å². The smallest absolute Gasteiger partial charge is 0.408 e. The lowest BCUT2D eigenvalue weighted by molar-refractivity contribution is 0.0921. The molecule has 1 heterocycles. The number of hydrogen-bond acceptors (Lipinski definition) is 4. The van der Waals surface area contributed by atoms with Crippen molar-refractivity contribution in [3.05, 3.63) is 34.3 Å². The van der Waals surface area contributed by atoms with Crippen LogP contribution in [0.3, 0.4) is 0 Å². The van der Waals surface area contributed by atoms with Gasteiger partial charge in [0.05, 0.1) is 5.52 Å². The van der Waals surface area contributed by atoms with Gasteiger partial charge < -0.3 is 10.2 Å². The van der Waals surface area contributed by atoms with Gasteiger partial charge in [0.1, 0.15) is 0 Å². The van der Waals surface area contributed by atoms with Gasteiger partial charge in [0.2, 0.25) is 0 Å². The average molecular weight is 248 g/mol. The van der Waals surface area contributed by atoms with Crippen LogP contribution < -0.4 is 11.5 Å². The number of rotatable bonds is 4. The van der Waals surface area contributed by atoms with Gasteiger partial charge >= 0.3 is 5.76 Å². The molecular formula is C13H16N2O3. The zero-order valence-electron chi connectivity index (χ0n) is 10.5. The van der Waals surface area contributed by atoms with Crippen molar-refractivity contribution < 1.29 is 9.21 Å². The number of oxazole rings is 1. The third-order valence-corrected chi connectivity index (χ3v) is 3.22. The average Bonchev–Trinajstić information content (AvgIpc) is 2.66. The molecule has 1 unspecified atom stereocenters. The quantitative estimate of drug-likeness (QED) is 0.827. The van der Waals surface area contributed by atoms with Crippen LogP contribution in [0.4, 0.5) is 0 Å². The van der Waals surface area contributed by atoms with Crippen molar-refractivity contribution in [3.63, 3.8) is 0 Å². The van der Waals surface area contributed by atoms with Crippen LogP contribution in [-0.2, 0) is 7.05 Å². The molecule has 0 spiro atoms. The highest BCUT2D eigenvalue weighted by molar-refractivity contribution is 6.00. The van der Waals surface area contributed by atoms with Gasteiger partial charge in [-0.05, 0) is 24.6 Å². The molecule has 0 radical (unpaired) electrons. The van der Waals surface area contributed by atoms with Crippen molar-refractivity contribution in [3.8, 4) is 0 Å². The first-order valence-electron chi connectivity index (χ1n) is 5.92. The van der Waals surface area contributed by atoms with Crippen molar-refractivity contribution in [2.24, 2.45) is 18.7 Å². The number of Topliss-reactive ketones (excluding diaryl/α,β-unsaturated/α-hetero) is 1. The van der Waals surface area contributed by atoms with Crippen LogP contribution in [-0.4, -0.2) is 16.9 Å². The van der Waals surface area contributed by atoms with Crippen LogP contribution in [0.25, 0.3) is 11.1 Å². The number of hydrogen-bond donors (Lipinski definition) is 1. The van der Waals surface area contributed by atoms with E-state index in [1.807, 2.05) is 6.92 Å². The fourth-order valence-corrected chi connectivity index (χ4v) is 1.98. The molecule has 0 saturated carbocycles. The number of aryl methyl sites for hydroxylation is 1. The summed E-state index contributed by atoms with van der Waals surface area (Å²) < 4.78 is 6.47. The summed E-state index contributed by atoms with van der Waals surface area (Å²) in [5, 5.41) is 0. The van der Waals surface area contributed by atoms with E-state index in [1.165, 1.54) is 4.57 Å². The maximum Gasteiger partial charge on any atom is 0.419 e. The second kappa shape index (κ2) is 4.78. The summed E-state index contributed by atoms with van der Waals surface area (Å²) in [5.41, 5.74) is 7.21. The fourth-order valence-electron chi connectivity index (χ4n) is 1.98. The van der Waals surface area contributed by atoms with E-state index in [0.717, 1.165) is 0 Å². The number of aromatic nitrogens is 1.